The lowest BCUT2D eigenvalue weighted by Gasteiger charge is -2.37. The maximum Gasteiger partial charge on any atom is 0.238 e. The lowest BCUT2D eigenvalue weighted by molar-refractivity contribution is -0.116. The van der Waals surface area contributed by atoms with Gasteiger partial charge in [0.15, 0.2) is 0 Å². The third kappa shape index (κ3) is 3.66. The Labute approximate surface area is 181 Å². The Morgan fingerprint density at radius 1 is 1.07 bits per heavy atom. The van der Waals surface area contributed by atoms with Gasteiger partial charge in [0.25, 0.3) is 0 Å². The molecule has 0 N–H and O–H groups in total. The van der Waals surface area contributed by atoms with Crippen LogP contribution in [0.1, 0.15) is 11.6 Å². The molecule has 2 aromatic heterocycles. The van der Waals surface area contributed by atoms with Gasteiger partial charge in [-0.1, -0.05) is 54.2 Å². The first kappa shape index (κ1) is 18.7. The molecule has 4 nitrogen and oxygen atoms in total. The molecule has 0 spiro atoms. The van der Waals surface area contributed by atoms with Crippen LogP contribution in [0.4, 0.5) is 5.69 Å². The van der Waals surface area contributed by atoms with E-state index in [-0.39, 0.29) is 11.9 Å². The van der Waals surface area contributed by atoms with Gasteiger partial charge in [-0.05, 0) is 29.1 Å². The smallest absolute Gasteiger partial charge is 0.238 e. The number of carbonyl (C=O) groups is 1. The first-order chi connectivity index (χ1) is 14.3. The van der Waals surface area contributed by atoms with E-state index < -0.39 is 0 Å². The van der Waals surface area contributed by atoms with Crippen molar-refractivity contribution in [1.29, 1.82) is 0 Å². The number of anilines is 1. The van der Waals surface area contributed by atoms with Crippen LogP contribution in [0.5, 0.6) is 0 Å². The highest BCUT2D eigenvalue weighted by Crippen LogP contribution is 2.43. The van der Waals surface area contributed by atoms with Crippen molar-refractivity contribution in [2.24, 2.45) is 0 Å². The molecule has 1 amide bonds. The topological polar surface area (TPSA) is 46.1 Å². The van der Waals surface area contributed by atoms with Crippen LogP contribution >= 0.6 is 34.9 Å². The molecule has 0 fully saturated rings. The lowest BCUT2D eigenvalue weighted by atomic mass is 10.1. The van der Waals surface area contributed by atoms with Crippen molar-refractivity contribution in [3.05, 3.63) is 77.9 Å². The van der Waals surface area contributed by atoms with Crippen LogP contribution in [0.2, 0.25) is 0 Å². The predicted octanol–water partition coefficient (Wildman–Crippen LogP) is 5.66. The van der Waals surface area contributed by atoms with Crippen molar-refractivity contribution < 1.29 is 4.79 Å². The van der Waals surface area contributed by atoms with Gasteiger partial charge in [0.2, 0.25) is 5.91 Å². The number of para-hydroxylation sites is 1. The SMILES string of the molecule is O=C(CSc1ncnc2sccc12)N1c2ccccc2SCC1c1ccccc1. The number of fused-ring (bicyclic) bond motifs is 2. The fourth-order valence-electron chi connectivity index (χ4n) is 3.50. The Morgan fingerprint density at radius 3 is 2.79 bits per heavy atom. The van der Waals surface area contributed by atoms with Crippen molar-refractivity contribution >= 4 is 56.7 Å². The van der Waals surface area contributed by atoms with E-state index in [1.54, 1.807) is 17.7 Å². The molecule has 0 radical (unpaired) electrons. The summed E-state index contributed by atoms with van der Waals surface area (Å²) in [6.07, 6.45) is 1.57. The third-order valence-electron chi connectivity index (χ3n) is 4.84. The molecule has 0 bridgehead atoms. The summed E-state index contributed by atoms with van der Waals surface area (Å²) in [5.41, 5.74) is 2.15. The number of aromatic nitrogens is 2. The highest BCUT2D eigenvalue weighted by molar-refractivity contribution is 8.00. The number of rotatable bonds is 4. The van der Waals surface area contributed by atoms with Crippen molar-refractivity contribution in [2.45, 2.75) is 16.0 Å². The molecule has 3 heterocycles. The molecule has 0 aliphatic carbocycles. The van der Waals surface area contributed by atoms with Gasteiger partial charge in [0.1, 0.15) is 16.2 Å². The number of hydrogen-bond acceptors (Lipinski definition) is 6. The molecule has 1 aliphatic heterocycles. The van der Waals surface area contributed by atoms with Crippen LogP contribution in [0.3, 0.4) is 0 Å². The van der Waals surface area contributed by atoms with Gasteiger partial charge in [-0.3, -0.25) is 4.79 Å². The monoisotopic (exact) mass is 435 g/mol. The molecule has 1 aliphatic rings. The molecule has 29 heavy (non-hydrogen) atoms. The second-order valence-corrected chi connectivity index (χ2v) is 9.50. The Hall–Kier alpha value is -2.35. The Kier molecular flexibility index (Phi) is 5.26. The zero-order valence-electron chi connectivity index (χ0n) is 15.4. The fourth-order valence-corrected chi connectivity index (χ4v) is 6.31. The molecule has 144 valence electrons. The average Bonchev–Trinajstić information content (AvgIpc) is 3.27. The molecule has 7 heteroatoms. The molecule has 0 saturated carbocycles. The summed E-state index contributed by atoms with van der Waals surface area (Å²) in [5.74, 6) is 1.28. The van der Waals surface area contributed by atoms with E-state index in [0.717, 1.165) is 37.1 Å². The Bertz CT molecular complexity index is 1160. The van der Waals surface area contributed by atoms with Crippen LogP contribution in [0.25, 0.3) is 10.2 Å². The third-order valence-corrected chi connectivity index (χ3v) is 7.79. The zero-order valence-corrected chi connectivity index (χ0v) is 17.8. The summed E-state index contributed by atoms with van der Waals surface area (Å²) in [5, 5.41) is 3.89. The van der Waals surface area contributed by atoms with Crippen molar-refractivity contribution in [1.82, 2.24) is 9.97 Å². The summed E-state index contributed by atoms with van der Waals surface area (Å²) >= 11 is 4.89. The van der Waals surface area contributed by atoms with E-state index in [2.05, 4.69) is 28.2 Å². The van der Waals surface area contributed by atoms with E-state index in [9.17, 15) is 4.79 Å². The van der Waals surface area contributed by atoms with Gasteiger partial charge < -0.3 is 4.90 Å². The second kappa shape index (κ2) is 8.18. The maximum atomic E-state index is 13.4. The van der Waals surface area contributed by atoms with Gasteiger partial charge in [0, 0.05) is 16.0 Å². The highest BCUT2D eigenvalue weighted by Gasteiger charge is 2.32. The first-order valence-electron chi connectivity index (χ1n) is 9.21. The van der Waals surface area contributed by atoms with E-state index in [1.165, 1.54) is 11.8 Å². The van der Waals surface area contributed by atoms with Gasteiger partial charge in [-0.2, -0.15) is 0 Å². The molecule has 1 atom stereocenters. The largest absolute Gasteiger partial charge is 0.302 e. The van der Waals surface area contributed by atoms with Gasteiger partial charge >= 0.3 is 0 Å². The minimum Gasteiger partial charge on any atom is -0.302 e. The number of carbonyl (C=O) groups excluding carboxylic acids is 1. The van der Waals surface area contributed by atoms with Gasteiger partial charge in [0.05, 0.1) is 17.5 Å². The summed E-state index contributed by atoms with van der Waals surface area (Å²) < 4.78 is 0. The summed E-state index contributed by atoms with van der Waals surface area (Å²) in [4.78, 5) is 26.2. The van der Waals surface area contributed by atoms with E-state index in [0.29, 0.717) is 5.75 Å². The fraction of sp³-hybridized carbons (Fsp3) is 0.136. The maximum absolute atomic E-state index is 13.4. The molecule has 5 rings (SSSR count). The van der Waals surface area contributed by atoms with Crippen LogP contribution < -0.4 is 4.90 Å². The number of amides is 1. The molecule has 0 saturated heterocycles. The van der Waals surface area contributed by atoms with Crippen molar-refractivity contribution in [3.8, 4) is 0 Å². The number of thioether (sulfide) groups is 2. The quantitative estimate of drug-likeness (QED) is 0.306. The molecule has 1 unspecified atom stereocenters. The van der Waals surface area contributed by atoms with Crippen LogP contribution in [0, 0.1) is 0 Å². The van der Waals surface area contributed by atoms with E-state index in [1.807, 2.05) is 64.5 Å². The lowest BCUT2D eigenvalue weighted by Crippen LogP contribution is -2.39. The van der Waals surface area contributed by atoms with Crippen LogP contribution in [0.15, 0.2) is 82.3 Å². The Balaban J connectivity index is 1.45. The number of nitrogens with zero attached hydrogens (tertiary/aromatic N) is 3. The second-order valence-electron chi connectivity index (χ2n) is 6.58. The molecule has 2 aromatic carbocycles. The van der Waals surface area contributed by atoms with E-state index >= 15 is 0 Å². The van der Waals surface area contributed by atoms with Gasteiger partial charge in [-0.25, -0.2) is 9.97 Å². The Morgan fingerprint density at radius 2 is 1.90 bits per heavy atom. The number of benzene rings is 2. The summed E-state index contributed by atoms with van der Waals surface area (Å²) in [7, 11) is 0. The average molecular weight is 436 g/mol. The standard InChI is InChI=1S/C22H17N3OS3/c26-20(13-29-22-16-10-11-27-21(16)23-14-24-22)25-17-8-4-5-9-19(17)28-12-18(25)15-6-2-1-3-7-15/h1-11,14,18H,12-13H2. The minimum absolute atomic E-state index is 0.0239. The molecular formula is C22H17N3OS3. The van der Waals surface area contributed by atoms with Gasteiger partial charge in [-0.15, -0.1) is 23.1 Å². The first-order valence-corrected chi connectivity index (χ1v) is 12.1. The minimum atomic E-state index is 0.0239. The zero-order chi connectivity index (χ0) is 19.6. The normalized spacial score (nSPS) is 16.0. The summed E-state index contributed by atoms with van der Waals surface area (Å²) in [6.45, 7) is 0. The number of hydrogen-bond donors (Lipinski definition) is 0. The highest BCUT2D eigenvalue weighted by atomic mass is 32.2. The van der Waals surface area contributed by atoms with E-state index in [4.69, 9.17) is 0 Å². The van der Waals surface area contributed by atoms with Crippen LogP contribution in [-0.2, 0) is 4.79 Å². The number of thiophene rings is 1. The molecule has 4 aromatic rings. The summed E-state index contributed by atoms with van der Waals surface area (Å²) in [6, 6.07) is 20.5. The van der Waals surface area contributed by atoms with Crippen molar-refractivity contribution in [3.63, 3.8) is 0 Å². The van der Waals surface area contributed by atoms with Crippen LogP contribution in [-0.4, -0.2) is 27.4 Å². The molecular weight excluding hydrogens is 418 g/mol. The van der Waals surface area contributed by atoms with Crippen molar-refractivity contribution in [2.75, 3.05) is 16.4 Å². The predicted molar refractivity (Wildman–Crippen MR) is 122 cm³/mol.